The van der Waals surface area contributed by atoms with Crippen LogP contribution in [0, 0.1) is 39.5 Å². The number of aryl methyl sites for hydroxylation is 4. The normalized spacial score (nSPS) is 17.6. The summed E-state index contributed by atoms with van der Waals surface area (Å²) < 4.78 is 0. The molecule has 2 nitrogen and oxygen atoms in total. The number of hydrogen-bond donors (Lipinski definition) is 2. The molecule has 2 heteroatoms. The molecule has 0 aromatic heterocycles. The summed E-state index contributed by atoms with van der Waals surface area (Å²) in [5.41, 5.74) is 14.4. The topological polar surface area (TPSA) is 40.5 Å². The molecule has 1 saturated carbocycles. The molecule has 0 bridgehead atoms. The summed E-state index contributed by atoms with van der Waals surface area (Å²) >= 11 is 0. The van der Waals surface area contributed by atoms with E-state index in [0.717, 1.165) is 47.9 Å². The molecule has 1 aliphatic carbocycles. The van der Waals surface area contributed by atoms with E-state index in [1.54, 1.807) is 0 Å². The monoisotopic (exact) mass is 953 g/mol. The largest absolute Gasteiger partial charge is 0.380 e. The lowest BCUT2D eigenvalue weighted by atomic mass is 9.55. The van der Waals surface area contributed by atoms with E-state index in [-0.39, 0.29) is 55.2 Å². The Labute approximate surface area is 431 Å². The highest BCUT2D eigenvalue weighted by Gasteiger charge is 2.55. The van der Waals surface area contributed by atoms with Crippen molar-refractivity contribution in [1.82, 2.24) is 0 Å². The van der Waals surface area contributed by atoms with Gasteiger partial charge in [-0.05, 0) is 175 Å². The molecule has 70 heavy (non-hydrogen) atoms. The van der Waals surface area contributed by atoms with Gasteiger partial charge in [0.1, 0.15) is 11.2 Å². The summed E-state index contributed by atoms with van der Waals surface area (Å²) in [6.07, 6.45) is 3.03. The molecule has 4 aromatic carbocycles. The summed E-state index contributed by atoms with van der Waals surface area (Å²) in [5.74, 6) is -0.264. The van der Waals surface area contributed by atoms with Crippen LogP contribution < -0.4 is 0 Å². The molecular weight excluding hydrogens is 849 g/mol. The summed E-state index contributed by atoms with van der Waals surface area (Å²) in [7, 11) is 0. The predicted octanol–water partition coefficient (Wildman–Crippen LogP) is 18.3. The van der Waals surface area contributed by atoms with Crippen molar-refractivity contribution in [3.05, 3.63) is 138 Å². The van der Waals surface area contributed by atoms with E-state index in [9.17, 15) is 0 Å². The van der Waals surface area contributed by atoms with Gasteiger partial charge < -0.3 is 10.2 Å². The zero-order chi connectivity index (χ0) is 53.9. The average Bonchev–Trinajstić information content (AvgIpc) is 3.16. The van der Waals surface area contributed by atoms with Crippen molar-refractivity contribution < 1.29 is 10.2 Å². The zero-order valence-corrected chi connectivity index (χ0v) is 50.5. The molecule has 1 fully saturated rings. The van der Waals surface area contributed by atoms with E-state index in [4.69, 9.17) is 0 Å². The number of benzene rings is 4. The van der Waals surface area contributed by atoms with Gasteiger partial charge in [-0.3, -0.25) is 0 Å². The first-order valence-corrected chi connectivity index (χ1v) is 27.3. The highest BCUT2D eigenvalue weighted by atomic mass is 16.3. The molecule has 5 rings (SSSR count). The Bertz CT molecular complexity index is 2080. The summed E-state index contributed by atoms with van der Waals surface area (Å²) in [4.78, 5) is 0. The molecule has 0 aliphatic heterocycles. The van der Waals surface area contributed by atoms with Gasteiger partial charge in [-0.2, -0.15) is 0 Å². The van der Waals surface area contributed by atoms with Gasteiger partial charge in [-0.1, -0.05) is 237 Å². The van der Waals surface area contributed by atoms with Gasteiger partial charge >= 0.3 is 0 Å². The third-order valence-corrected chi connectivity index (χ3v) is 16.0. The van der Waals surface area contributed by atoms with Crippen LogP contribution in [0.15, 0.2) is 48.5 Å². The van der Waals surface area contributed by atoms with Crippen LogP contribution in [-0.2, 0) is 54.5 Å². The second-order valence-corrected chi connectivity index (χ2v) is 31.0. The van der Waals surface area contributed by atoms with Gasteiger partial charge in [0.15, 0.2) is 0 Å². The highest BCUT2D eigenvalue weighted by molar-refractivity contribution is 5.61. The van der Waals surface area contributed by atoms with Crippen molar-refractivity contribution in [2.45, 2.75) is 274 Å². The van der Waals surface area contributed by atoms with E-state index in [0.29, 0.717) is 0 Å². The summed E-state index contributed by atoms with van der Waals surface area (Å²) in [5, 5.41) is 30.5. The lowest BCUT2D eigenvalue weighted by Gasteiger charge is -2.52. The molecule has 0 heterocycles. The van der Waals surface area contributed by atoms with E-state index >= 15 is 10.2 Å². The van der Waals surface area contributed by atoms with Crippen molar-refractivity contribution in [3.63, 3.8) is 0 Å². The van der Waals surface area contributed by atoms with Crippen molar-refractivity contribution in [1.29, 1.82) is 0 Å². The molecular formula is C68H104O2. The first-order valence-electron chi connectivity index (χ1n) is 27.3. The van der Waals surface area contributed by atoms with Crippen molar-refractivity contribution in [2.75, 3.05) is 0 Å². The van der Waals surface area contributed by atoms with Crippen LogP contribution in [0.2, 0.25) is 0 Å². The van der Waals surface area contributed by atoms with Crippen molar-refractivity contribution in [3.8, 4) is 0 Å². The number of aliphatic hydroxyl groups is 2. The maximum atomic E-state index is 15.3. The molecule has 1 aliphatic rings. The fraction of sp³-hybridized carbons (Fsp3) is 0.647. The molecule has 388 valence electrons. The molecule has 0 atom stereocenters. The zero-order valence-electron chi connectivity index (χ0n) is 50.5. The second-order valence-electron chi connectivity index (χ2n) is 31.0. The quantitative estimate of drug-likeness (QED) is 0.202. The first kappa shape index (κ1) is 57.7. The van der Waals surface area contributed by atoms with E-state index in [1.165, 1.54) is 66.8 Å². The van der Waals surface area contributed by atoms with Crippen LogP contribution in [0.5, 0.6) is 0 Å². The lowest BCUT2D eigenvalue weighted by molar-refractivity contribution is -0.0515. The van der Waals surface area contributed by atoms with Crippen LogP contribution in [-0.4, -0.2) is 10.2 Å². The van der Waals surface area contributed by atoms with Crippen LogP contribution in [0.4, 0.5) is 0 Å². The first-order chi connectivity index (χ1) is 31.2. The van der Waals surface area contributed by atoms with Crippen molar-refractivity contribution in [2.24, 2.45) is 11.8 Å². The number of rotatable bonds is 6. The minimum Gasteiger partial charge on any atom is -0.380 e. The average molecular weight is 954 g/mol. The van der Waals surface area contributed by atoms with Crippen LogP contribution in [0.3, 0.4) is 0 Å². The molecule has 0 unspecified atom stereocenters. The van der Waals surface area contributed by atoms with Gasteiger partial charge in [-0.15, -0.1) is 0 Å². The minimum atomic E-state index is -1.35. The third-order valence-electron chi connectivity index (χ3n) is 16.0. The SMILES string of the molecule is Cc1cc(C(C)(C)C)c(C(O)(c2c(C(C)(C)C)cc(C)cc2C(C)(C)C)C2CCC(C(O)(c3c(C(C)(C)C)cc(C)cc3C(C)(C)C)c3c(C(C)(C)C)cc(C)cc3C(C)(C)C)CC2)c(C(C)(C)C)c1. The molecule has 4 aromatic rings. The Kier molecular flexibility index (Phi) is 15.1. The van der Waals surface area contributed by atoms with Gasteiger partial charge in [0.05, 0.1) is 0 Å². The summed E-state index contributed by atoms with van der Waals surface area (Å²) in [6.45, 7) is 65.0. The Morgan fingerprint density at radius 2 is 0.371 bits per heavy atom. The van der Waals surface area contributed by atoms with Crippen LogP contribution in [0.25, 0.3) is 0 Å². The van der Waals surface area contributed by atoms with Crippen LogP contribution >= 0.6 is 0 Å². The van der Waals surface area contributed by atoms with Gasteiger partial charge in [0.2, 0.25) is 0 Å². The summed E-state index contributed by atoms with van der Waals surface area (Å²) in [6, 6.07) is 19.1. The fourth-order valence-electron chi connectivity index (χ4n) is 12.5. The lowest BCUT2D eigenvalue weighted by Crippen LogP contribution is -2.49. The molecule has 0 radical (unpaired) electrons. The Balaban J connectivity index is 2.03. The highest BCUT2D eigenvalue weighted by Crippen LogP contribution is 2.60. The maximum Gasteiger partial charge on any atom is 0.119 e. The van der Waals surface area contributed by atoms with Crippen molar-refractivity contribution >= 4 is 0 Å². The van der Waals surface area contributed by atoms with Gasteiger partial charge in [0.25, 0.3) is 0 Å². The van der Waals surface area contributed by atoms with E-state index < -0.39 is 11.2 Å². The number of hydrogen-bond acceptors (Lipinski definition) is 2. The molecule has 2 N–H and O–H groups in total. The fourth-order valence-corrected chi connectivity index (χ4v) is 12.5. The van der Waals surface area contributed by atoms with Crippen LogP contribution in [0.1, 0.15) is 281 Å². The molecule has 0 saturated heterocycles. The minimum absolute atomic E-state index is 0.132. The van der Waals surface area contributed by atoms with E-state index in [1.807, 2.05) is 0 Å². The Hall–Kier alpha value is -3.20. The third kappa shape index (κ3) is 11.0. The smallest absolute Gasteiger partial charge is 0.119 e. The molecule has 0 spiro atoms. The van der Waals surface area contributed by atoms with Gasteiger partial charge in [-0.25, -0.2) is 0 Å². The Morgan fingerprint density at radius 3 is 0.471 bits per heavy atom. The van der Waals surface area contributed by atoms with Gasteiger partial charge in [0, 0.05) is 0 Å². The van der Waals surface area contributed by atoms with E-state index in [2.05, 4.69) is 242 Å². The standard InChI is InChI=1S/C68H104O2/c1-41-33-47(59(5,6)7)55(48(34-41)60(8,9)10)67(69,56-49(61(11,12)13)35-42(2)36-50(56)62(14,15)16)45-29-31-46(32-30-45)68(70,57-51(63(17,18)19)37-43(3)38-52(57)64(20,21)22)58-53(65(23,24)25)39-44(4)40-54(58)66(26,27)28/h33-40,45-46,69-70H,29-32H2,1-28H3. The predicted molar refractivity (Wildman–Crippen MR) is 306 cm³/mol. The molecule has 0 amide bonds. The Morgan fingerprint density at radius 1 is 0.257 bits per heavy atom. The maximum absolute atomic E-state index is 15.3. The second kappa shape index (κ2) is 18.3.